The molecule has 2 rings (SSSR count). The van der Waals surface area contributed by atoms with Crippen molar-refractivity contribution in [3.05, 3.63) is 69.7 Å². The summed E-state index contributed by atoms with van der Waals surface area (Å²) in [4.78, 5) is 12.1. The second-order valence-corrected chi connectivity index (χ2v) is 6.50. The van der Waals surface area contributed by atoms with Gasteiger partial charge in [-0.1, -0.05) is 47.5 Å². The Hall–Kier alpha value is -1.55. The number of hydrogen-bond acceptors (Lipinski definition) is 1. The van der Waals surface area contributed by atoms with E-state index in [1.165, 1.54) is 0 Å². The van der Waals surface area contributed by atoms with Gasteiger partial charge in [0.05, 0.1) is 6.04 Å². The van der Waals surface area contributed by atoms with Crippen LogP contribution in [0.4, 0.5) is 0 Å². The lowest BCUT2D eigenvalue weighted by molar-refractivity contribution is -0.682. The molecule has 0 saturated heterocycles. The summed E-state index contributed by atoms with van der Waals surface area (Å²) in [6, 6.07) is 15.3. The van der Waals surface area contributed by atoms with Crippen molar-refractivity contribution in [3.8, 4) is 0 Å². The van der Waals surface area contributed by atoms with Gasteiger partial charge in [0.1, 0.15) is 6.04 Å². The first kappa shape index (κ1) is 17.8. The summed E-state index contributed by atoms with van der Waals surface area (Å²) in [5.74, 6) is -0.00158. The fourth-order valence-corrected chi connectivity index (χ4v) is 2.67. The Morgan fingerprint density at radius 2 is 1.74 bits per heavy atom. The van der Waals surface area contributed by atoms with E-state index in [2.05, 4.69) is 12.2 Å². The lowest BCUT2D eigenvalue weighted by Gasteiger charge is -2.15. The standard InChI is InChI=1S/C18H20Cl2N2O/c1-12(14-6-8-16(19)9-7-14)21-11-18(23)22-13(2)15-4-3-5-17(20)10-15/h3-10,12-13,21H,11H2,1-2H3,(H,22,23)/p+1/t12-,13-/m1/s1. The molecule has 3 nitrogen and oxygen atoms in total. The zero-order valence-corrected chi connectivity index (χ0v) is 14.7. The quantitative estimate of drug-likeness (QED) is 0.821. The van der Waals surface area contributed by atoms with Gasteiger partial charge in [-0.25, -0.2) is 0 Å². The molecule has 5 heteroatoms. The summed E-state index contributed by atoms with van der Waals surface area (Å²) < 4.78 is 0. The molecule has 0 spiro atoms. The molecule has 1 amide bonds. The molecule has 0 bridgehead atoms. The van der Waals surface area contributed by atoms with Gasteiger partial charge in [-0.3, -0.25) is 4.79 Å². The number of rotatable bonds is 6. The summed E-state index contributed by atoms with van der Waals surface area (Å²) in [5.41, 5.74) is 2.14. The van der Waals surface area contributed by atoms with E-state index in [0.29, 0.717) is 16.6 Å². The van der Waals surface area contributed by atoms with Crippen molar-refractivity contribution in [2.24, 2.45) is 0 Å². The van der Waals surface area contributed by atoms with Crippen LogP contribution in [0.25, 0.3) is 0 Å². The lowest BCUT2D eigenvalue weighted by Crippen LogP contribution is -2.87. The van der Waals surface area contributed by atoms with Crippen molar-refractivity contribution < 1.29 is 10.1 Å². The molecule has 0 aliphatic heterocycles. The predicted octanol–water partition coefficient (Wildman–Crippen LogP) is 3.50. The van der Waals surface area contributed by atoms with E-state index < -0.39 is 0 Å². The summed E-state index contributed by atoms with van der Waals surface area (Å²) in [5, 5.41) is 6.38. The maximum Gasteiger partial charge on any atom is 0.275 e. The van der Waals surface area contributed by atoms with Crippen molar-refractivity contribution in [1.29, 1.82) is 0 Å². The molecule has 0 radical (unpaired) electrons. The molecule has 0 aliphatic carbocycles. The van der Waals surface area contributed by atoms with Gasteiger partial charge in [0.2, 0.25) is 0 Å². The number of quaternary nitrogens is 1. The molecule has 0 fully saturated rings. The summed E-state index contributed by atoms with van der Waals surface area (Å²) >= 11 is 11.9. The highest BCUT2D eigenvalue weighted by atomic mass is 35.5. The third-order valence-corrected chi connectivity index (χ3v) is 4.27. The van der Waals surface area contributed by atoms with Crippen molar-refractivity contribution in [1.82, 2.24) is 5.32 Å². The van der Waals surface area contributed by atoms with Crippen LogP contribution in [-0.2, 0) is 4.79 Å². The number of amides is 1. The zero-order valence-electron chi connectivity index (χ0n) is 13.2. The molecule has 122 valence electrons. The third-order valence-electron chi connectivity index (χ3n) is 3.78. The smallest absolute Gasteiger partial charge is 0.275 e. The Balaban J connectivity index is 1.83. The number of nitrogens with two attached hydrogens (primary N) is 1. The first-order chi connectivity index (χ1) is 11.0. The van der Waals surface area contributed by atoms with Crippen LogP contribution < -0.4 is 10.6 Å². The summed E-state index contributed by atoms with van der Waals surface area (Å²) in [7, 11) is 0. The molecule has 0 aromatic heterocycles. The molecule has 0 saturated carbocycles. The van der Waals surface area contributed by atoms with Crippen LogP contribution in [0.2, 0.25) is 10.0 Å². The maximum absolute atomic E-state index is 12.1. The van der Waals surface area contributed by atoms with E-state index in [4.69, 9.17) is 23.2 Å². The average Bonchev–Trinajstić information content (AvgIpc) is 2.53. The summed E-state index contributed by atoms with van der Waals surface area (Å²) in [6.45, 7) is 4.39. The fourth-order valence-electron chi connectivity index (χ4n) is 2.35. The van der Waals surface area contributed by atoms with Gasteiger partial charge in [-0.2, -0.15) is 0 Å². The van der Waals surface area contributed by atoms with E-state index in [0.717, 1.165) is 11.1 Å². The van der Waals surface area contributed by atoms with Gasteiger partial charge in [0.15, 0.2) is 6.54 Å². The Morgan fingerprint density at radius 1 is 1.04 bits per heavy atom. The molecule has 2 aromatic rings. The minimum absolute atomic E-state index is 0.00158. The van der Waals surface area contributed by atoms with Crippen LogP contribution in [0.5, 0.6) is 0 Å². The largest absolute Gasteiger partial charge is 0.345 e. The number of hydrogen-bond donors (Lipinski definition) is 2. The van der Waals surface area contributed by atoms with E-state index >= 15 is 0 Å². The molecule has 0 heterocycles. The summed E-state index contributed by atoms with van der Waals surface area (Å²) in [6.07, 6.45) is 0. The molecule has 0 unspecified atom stereocenters. The molecule has 2 atom stereocenters. The van der Waals surface area contributed by atoms with Crippen LogP contribution in [-0.4, -0.2) is 12.5 Å². The lowest BCUT2D eigenvalue weighted by atomic mass is 10.1. The van der Waals surface area contributed by atoms with Gasteiger partial charge in [0, 0.05) is 15.6 Å². The van der Waals surface area contributed by atoms with Crippen LogP contribution in [0.1, 0.15) is 37.1 Å². The molecular formula is C18H21Cl2N2O+. The Morgan fingerprint density at radius 3 is 2.39 bits per heavy atom. The van der Waals surface area contributed by atoms with Crippen LogP contribution >= 0.6 is 23.2 Å². The molecule has 2 aromatic carbocycles. The monoisotopic (exact) mass is 351 g/mol. The molecule has 23 heavy (non-hydrogen) atoms. The predicted molar refractivity (Wildman–Crippen MR) is 94.7 cm³/mol. The van der Waals surface area contributed by atoms with E-state index in [1.807, 2.05) is 60.8 Å². The first-order valence-corrected chi connectivity index (χ1v) is 8.35. The highest BCUT2D eigenvalue weighted by Crippen LogP contribution is 2.17. The van der Waals surface area contributed by atoms with Crippen molar-refractivity contribution in [2.45, 2.75) is 25.9 Å². The average molecular weight is 352 g/mol. The van der Waals surface area contributed by atoms with Gasteiger partial charge in [-0.15, -0.1) is 0 Å². The molecule has 0 aliphatic rings. The third kappa shape index (κ3) is 5.54. The number of carbonyl (C=O) groups excluding carboxylic acids is 1. The van der Waals surface area contributed by atoms with Crippen molar-refractivity contribution >= 4 is 29.1 Å². The van der Waals surface area contributed by atoms with E-state index in [9.17, 15) is 4.79 Å². The second kappa shape index (κ2) is 8.34. The number of nitrogens with one attached hydrogen (secondary N) is 1. The van der Waals surface area contributed by atoms with Crippen LogP contribution in [0.15, 0.2) is 48.5 Å². The molecule has 3 N–H and O–H groups in total. The minimum Gasteiger partial charge on any atom is -0.345 e. The van der Waals surface area contributed by atoms with Gasteiger partial charge >= 0.3 is 0 Å². The van der Waals surface area contributed by atoms with E-state index in [1.54, 1.807) is 0 Å². The molecular weight excluding hydrogens is 331 g/mol. The normalized spacial score (nSPS) is 13.4. The number of benzene rings is 2. The topological polar surface area (TPSA) is 45.7 Å². The van der Waals surface area contributed by atoms with Crippen LogP contribution in [0.3, 0.4) is 0 Å². The van der Waals surface area contributed by atoms with E-state index in [-0.39, 0.29) is 18.0 Å². The zero-order chi connectivity index (χ0) is 16.8. The SMILES string of the molecule is C[C@@H](NC(=O)C[NH2+][C@H](C)c1ccc(Cl)cc1)c1cccc(Cl)c1. The minimum atomic E-state index is -0.0690. The van der Waals surface area contributed by atoms with Crippen LogP contribution in [0, 0.1) is 0 Å². The van der Waals surface area contributed by atoms with Gasteiger partial charge < -0.3 is 10.6 Å². The van der Waals surface area contributed by atoms with Gasteiger partial charge in [-0.05, 0) is 43.7 Å². The van der Waals surface area contributed by atoms with Crippen molar-refractivity contribution in [3.63, 3.8) is 0 Å². The van der Waals surface area contributed by atoms with Crippen molar-refractivity contribution in [2.75, 3.05) is 6.54 Å². The second-order valence-electron chi connectivity index (χ2n) is 5.62. The Kier molecular flexibility index (Phi) is 6.46. The number of carbonyl (C=O) groups is 1. The maximum atomic E-state index is 12.1. The highest BCUT2D eigenvalue weighted by Gasteiger charge is 2.14. The van der Waals surface area contributed by atoms with Gasteiger partial charge in [0.25, 0.3) is 5.91 Å². The highest BCUT2D eigenvalue weighted by molar-refractivity contribution is 6.30. The Labute approximate surface area is 147 Å². The first-order valence-electron chi connectivity index (χ1n) is 7.59. The Bertz CT molecular complexity index is 658. The number of halogens is 2. The fraction of sp³-hybridized carbons (Fsp3) is 0.278.